The highest BCUT2D eigenvalue weighted by Crippen LogP contribution is 2.24. The van der Waals surface area contributed by atoms with Crippen molar-refractivity contribution in [3.05, 3.63) is 51.1 Å². The molecule has 1 aliphatic heterocycles. The Kier molecular flexibility index (Phi) is 6.15. The second kappa shape index (κ2) is 8.34. The van der Waals surface area contributed by atoms with Crippen molar-refractivity contribution in [1.29, 1.82) is 0 Å². The van der Waals surface area contributed by atoms with Gasteiger partial charge in [0, 0.05) is 43.3 Å². The monoisotopic (exact) mass is 421 g/mol. The summed E-state index contributed by atoms with van der Waals surface area (Å²) in [4.78, 5) is 20.6. The number of nitrogens with zero attached hydrogens (tertiary/aromatic N) is 3. The van der Waals surface area contributed by atoms with Crippen LogP contribution in [0.2, 0.25) is 0 Å². The standard InChI is InChI=1S/C19H24BrN3OS/c1-15(21(2)14-17-8-9-18(20)25-17)19(24)23-12-10-22(11-13-23)16-6-4-3-5-7-16/h3-9,15H,10-14H2,1-2H3. The fourth-order valence-electron chi connectivity index (χ4n) is 3.10. The molecule has 6 heteroatoms. The Morgan fingerprint density at radius 2 is 1.84 bits per heavy atom. The minimum Gasteiger partial charge on any atom is -0.368 e. The summed E-state index contributed by atoms with van der Waals surface area (Å²) in [5, 5.41) is 0. The number of para-hydroxylation sites is 1. The van der Waals surface area contributed by atoms with E-state index in [0.717, 1.165) is 36.5 Å². The molecule has 1 aromatic carbocycles. The van der Waals surface area contributed by atoms with Crippen molar-refractivity contribution in [3.63, 3.8) is 0 Å². The maximum atomic E-state index is 12.8. The Balaban J connectivity index is 1.53. The first kappa shape index (κ1) is 18.4. The van der Waals surface area contributed by atoms with E-state index in [2.05, 4.69) is 62.1 Å². The van der Waals surface area contributed by atoms with Gasteiger partial charge in [-0.1, -0.05) is 18.2 Å². The average molecular weight is 422 g/mol. The number of benzene rings is 1. The molecule has 1 aliphatic rings. The predicted octanol–water partition coefficient (Wildman–Crippen LogP) is 3.68. The van der Waals surface area contributed by atoms with Crippen LogP contribution in [0.3, 0.4) is 0 Å². The Hall–Kier alpha value is -1.37. The molecule has 1 amide bonds. The van der Waals surface area contributed by atoms with E-state index in [1.807, 2.05) is 24.9 Å². The van der Waals surface area contributed by atoms with E-state index in [1.165, 1.54) is 10.6 Å². The van der Waals surface area contributed by atoms with E-state index in [1.54, 1.807) is 11.3 Å². The molecule has 0 radical (unpaired) electrons. The van der Waals surface area contributed by atoms with Crippen LogP contribution in [0.15, 0.2) is 46.3 Å². The lowest BCUT2D eigenvalue weighted by molar-refractivity contribution is -0.136. The van der Waals surface area contributed by atoms with Crippen LogP contribution in [0.4, 0.5) is 5.69 Å². The van der Waals surface area contributed by atoms with E-state index in [4.69, 9.17) is 0 Å². The summed E-state index contributed by atoms with van der Waals surface area (Å²) in [6, 6.07) is 14.5. The van der Waals surface area contributed by atoms with Crippen LogP contribution >= 0.6 is 27.3 Å². The number of likely N-dealkylation sites (N-methyl/N-ethyl adjacent to an activating group) is 1. The van der Waals surface area contributed by atoms with Gasteiger partial charge in [-0.3, -0.25) is 9.69 Å². The lowest BCUT2D eigenvalue weighted by Gasteiger charge is -2.38. The van der Waals surface area contributed by atoms with E-state index in [9.17, 15) is 4.79 Å². The molecule has 0 saturated carbocycles. The minimum atomic E-state index is -0.107. The molecule has 0 N–H and O–H groups in total. The number of hydrogen-bond donors (Lipinski definition) is 0. The number of anilines is 1. The summed E-state index contributed by atoms with van der Waals surface area (Å²) in [5.41, 5.74) is 1.24. The summed E-state index contributed by atoms with van der Waals surface area (Å²) in [5.74, 6) is 0.228. The minimum absolute atomic E-state index is 0.107. The van der Waals surface area contributed by atoms with Gasteiger partial charge in [-0.15, -0.1) is 11.3 Å². The van der Waals surface area contributed by atoms with Crippen LogP contribution in [0, 0.1) is 0 Å². The maximum absolute atomic E-state index is 12.8. The van der Waals surface area contributed by atoms with Gasteiger partial charge >= 0.3 is 0 Å². The molecule has 4 nitrogen and oxygen atoms in total. The molecule has 1 saturated heterocycles. The van der Waals surface area contributed by atoms with Crippen molar-refractivity contribution in [1.82, 2.24) is 9.80 Å². The molecular formula is C19H24BrN3OS. The maximum Gasteiger partial charge on any atom is 0.239 e. The van der Waals surface area contributed by atoms with Gasteiger partial charge in [-0.05, 0) is 54.2 Å². The number of amides is 1. The summed E-state index contributed by atoms with van der Waals surface area (Å²) in [6.07, 6.45) is 0. The first-order valence-electron chi connectivity index (χ1n) is 8.58. The van der Waals surface area contributed by atoms with Gasteiger partial charge in [0.15, 0.2) is 0 Å². The number of hydrogen-bond acceptors (Lipinski definition) is 4. The van der Waals surface area contributed by atoms with Crippen molar-refractivity contribution >= 4 is 38.9 Å². The molecule has 0 bridgehead atoms. The fraction of sp³-hybridized carbons (Fsp3) is 0.421. The molecule has 1 unspecified atom stereocenters. The largest absolute Gasteiger partial charge is 0.368 e. The SMILES string of the molecule is CC(C(=O)N1CCN(c2ccccc2)CC1)N(C)Cc1ccc(Br)s1. The highest BCUT2D eigenvalue weighted by molar-refractivity contribution is 9.11. The molecule has 1 aromatic heterocycles. The van der Waals surface area contributed by atoms with Crippen molar-refractivity contribution < 1.29 is 4.79 Å². The van der Waals surface area contributed by atoms with E-state index in [0.29, 0.717) is 0 Å². The Bertz CT molecular complexity index is 698. The summed E-state index contributed by atoms with van der Waals surface area (Å²) in [7, 11) is 2.02. The lowest BCUT2D eigenvalue weighted by atomic mass is 10.2. The van der Waals surface area contributed by atoms with Crippen LogP contribution in [-0.4, -0.2) is 55.0 Å². The van der Waals surface area contributed by atoms with Crippen molar-refractivity contribution in [3.8, 4) is 0 Å². The number of rotatable bonds is 5. The van der Waals surface area contributed by atoms with Crippen LogP contribution in [-0.2, 0) is 11.3 Å². The van der Waals surface area contributed by atoms with E-state index in [-0.39, 0.29) is 11.9 Å². The van der Waals surface area contributed by atoms with E-state index < -0.39 is 0 Å². The molecule has 2 aromatic rings. The van der Waals surface area contributed by atoms with Gasteiger partial charge in [0.25, 0.3) is 0 Å². The number of carbonyl (C=O) groups is 1. The summed E-state index contributed by atoms with van der Waals surface area (Å²) < 4.78 is 1.13. The zero-order chi connectivity index (χ0) is 17.8. The Morgan fingerprint density at radius 3 is 2.44 bits per heavy atom. The second-order valence-corrected chi connectivity index (χ2v) is 8.99. The first-order chi connectivity index (χ1) is 12.0. The third-order valence-electron chi connectivity index (χ3n) is 4.77. The van der Waals surface area contributed by atoms with Crippen molar-refractivity contribution in [2.45, 2.75) is 19.5 Å². The molecular weight excluding hydrogens is 398 g/mol. The smallest absolute Gasteiger partial charge is 0.239 e. The molecule has 134 valence electrons. The average Bonchev–Trinajstić information content (AvgIpc) is 3.06. The van der Waals surface area contributed by atoms with Crippen LogP contribution < -0.4 is 4.90 Å². The Morgan fingerprint density at radius 1 is 1.16 bits per heavy atom. The number of carbonyl (C=O) groups excluding carboxylic acids is 1. The molecule has 25 heavy (non-hydrogen) atoms. The topological polar surface area (TPSA) is 26.8 Å². The second-order valence-electron chi connectivity index (χ2n) is 6.44. The molecule has 2 heterocycles. The normalized spacial score (nSPS) is 16.3. The predicted molar refractivity (Wildman–Crippen MR) is 108 cm³/mol. The number of thiophene rings is 1. The van der Waals surface area contributed by atoms with E-state index >= 15 is 0 Å². The Labute approximate surface area is 162 Å². The van der Waals surface area contributed by atoms with Gasteiger partial charge in [0.2, 0.25) is 5.91 Å². The van der Waals surface area contributed by atoms with Crippen LogP contribution in [0.1, 0.15) is 11.8 Å². The summed E-state index contributed by atoms with van der Waals surface area (Å²) in [6.45, 7) is 6.17. The van der Waals surface area contributed by atoms with Gasteiger partial charge in [0.05, 0.1) is 9.83 Å². The molecule has 0 spiro atoms. The van der Waals surface area contributed by atoms with Crippen molar-refractivity contribution in [2.75, 3.05) is 38.1 Å². The first-order valence-corrected chi connectivity index (χ1v) is 10.2. The summed E-state index contributed by atoms with van der Waals surface area (Å²) >= 11 is 5.22. The zero-order valence-electron chi connectivity index (χ0n) is 14.7. The van der Waals surface area contributed by atoms with Gasteiger partial charge in [-0.2, -0.15) is 0 Å². The number of piperazine rings is 1. The molecule has 0 aliphatic carbocycles. The quantitative estimate of drug-likeness (QED) is 0.736. The van der Waals surface area contributed by atoms with Gasteiger partial charge < -0.3 is 9.80 Å². The van der Waals surface area contributed by atoms with Gasteiger partial charge in [-0.25, -0.2) is 0 Å². The third kappa shape index (κ3) is 4.63. The van der Waals surface area contributed by atoms with Crippen LogP contribution in [0.5, 0.6) is 0 Å². The molecule has 1 atom stereocenters. The van der Waals surface area contributed by atoms with Gasteiger partial charge in [0.1, 0.15) is 0 Å². The highest BCUT2D eigenvalue weighted by Gasteiger charge is 2.27. The zero-order valence-corrected chi connectivity index (χ0v) is 17.1. The fourth-order valence-corrected chi connectivity index (χ4v) is 4.64. The number of halogens is 1. The lowest BCUT2D eigenvalue weighted by Crippen LogP contribution is -2.53. The van der Waals surface area contributed by atoms with Crippen LogP contribution in [0.25, 0.3) is 0 Å². The molecule has 1 fully saturated rings. The van der Waals surface area contributed by atoms with Crippen molar-refractivity contribution in [2.24, 2.45) is 0 Å². The molecule has 3 rings (SSSR count). The highest BCUT2D eigenvalue weighted by atomic mass is 79.9. The third-order valence-corrected chi connectivity index (χ3v) is 6.37.